The minimum Gasteiger partial charge on any atom is -0.461 e. The van der Waals surface area contributed by atoms with Crippen LogP contribution in [-0.2, 0) is 5.41 Å². The Hall–Kier alpha value is -1.58. The van der Waals surface area contributed by atoms with E-state index in [-0.39, 0.29) is 5.41 Å². The molecule has 1 heterocycles. The summed E-state index contributed by atoms with van der Waals surface area (Å²) in [7, 11) is 0. The monoisotopic (exact) mass is 273 g/mol. The van der Waals surface area contributed by atoms with Crippen molar-refractivity contribution in [1.82, 2.24) is 0 Å². The molecule has 5 rings (SSSR count). The van der Waals surface area contributed by atoms with Crippen molar-refractivity contribution >= 4 is 6.08 Å². The molecule has 0 radical (unpaired) electrons. The van der Waals surface area contributed by atoms with Gasteiger partial charge in [-0.25, -0.2) is 0 Å². The molecule has 0 aliphatic heterocycles. The molecule has 0 atom stereocenters. The van der Waals surface area contributed by atoms with E-state index in [0.717, 1.165) is 29.7 Å². The highest BCUT2D eigenvalue weighted by Crippen LogP contribution is 2.60. The van der Waals surface area contributed by atoms with Gasteiger partial charge >= 0.3 is 0 Å². The molecule has 0 aromatic carbocycles. The highest BCUT2D eigenvalue weighted by atomic mass is 16.6. The molecule has 4 aliphatic rings. The summed E-state index contributed by atoms with van der Waals surface area (Å²) in [4.78, 5) is 9.93. The van der Waals surface area contributed by atoms with Crippen molar-refractivity contribution in [2.45, 2.75) is 43.9 Å². The summed E-state index contributed by atoms with van der Waals surface area (Å²) < 4.78 is 5.93. The highest BCUT2D eigenvalue weighted by Gasteiger charge is 2.53. The fourth-order valence-electron chi connectivity index (χ4n) is 5.27. The van der Waals surface area contributed by atoms with Crippen molar-refractivity contribution in [3.63, 3.8) is 0 Å². The van der Waals surface area contributed by atoms with Crippen molar-refractivity contribution in [2.75, 3.05) is 0 Å². The fourth-order valence-corrected chi connectivity index (χ4v) is 5.27. The van der Waals surface area contributed by atoms with Crippen molar-refractivity contribution < 1.29 is 9.34 Å². The first-order valence-electron chi connectivity index (χ1n) is 7.55. The van der Waals surface area contributed by atoms with Crippen LogP contribution in [0.5, 0.6) is 0 Å². The van der Waals surface area contributed by atoms with Crippen LogP contribution in [0.25, 0.3) is 6.08 Å². The predicted octanol–water partition coefficient (Wildman–Crippen LogP) is 3.99. The minimum atomic E-state index is -0.451. The van der Waals surface area contributed by atoms with E-state index < -0.39 is 4.92 Å². The molecule has 1 aromatic heterocycles. The van der Waals surface area contributed by atoms with Crippen LogP contribution in [0.2, 0.25) is 0 Å². The van der Waals surface area contributed by atoms with Gasteiger partial charge in [-0.05, 0) is 68.4 Å². The van der Waals surface area contributed by atoms with Crippen molar-refractivity contribution in [3.8, 4) is 0 Å². The van der Waals surface area contributed by atoms with Crippen LogP contribution in [0.3, 0.4) is 0 Å². The molecule has 4 aliphatic carbocycles. The molecule has 0 saturated heterocycles. The second kappa shape index (κ2) is 4.21. The molecule has 0 amide bonds. The lowest BCUT2D eigenvalue weighted by atomic mass is 9.49. The second-order valence-corrected chi connectivity index (χ2v) is 7.00. The summed E-state index contributed by atoms with van der Waals surface area (Å²) in [6.07, 6.45) is 10.4. The summed E-state index contributed by atoms with van der Waals surface area (Å²) in [5.74, 6) is 4.31. The number of rotatable bonds is 3. The fraction of sp³-hybridized carbons (Fsp3) is 0.625. The van der Waals surface area contributed by atoms with E-state index in [1.54, 1.807) is 0 Å². The topological polar surface area (TPSA) is 56.3 Å². The van der Waals surface area contributed by atoms with E-state index in [2.05, 4.69) is 0 Å². The number of hydrogen-bond donors (Lipinski definition) is 0. The molecule has 0 N–H and O–H groups in total. The highest BCUT2D eigenvalue weighted by molar-refractivity contribution is 5.42. The third-order valence-corrected chi connectivity index (χ3v) is 5.55. The second-order valence-electron chi connectivity index (χ2n) is 7.00. The van der Waals surface area contributed by atoms with Gasteiger partial charge in [-0.3, -0.25) is 10.1 Å². The van der Waals surface area contributed by atoms with Gasteiger partial charge in [0, 0.05) is 5.41 Å². The maximum Gasteiger partial charge on any atom is 0.238 e. The molecule has 1 aromatic rings. The molecular formula is C16H19NO3. The van der Waals surface area contributed by atoms with Crippen molar-refractivity contribution in [2.24, 2.45) is 17.8 Å². The van der Waals surface area contributed by atoms with Crippen molar-refractivity contribution in [1.29, 1.82) is 0 Å². The zero-order valence-electron chi connectivity index (χ0n) is 11.5. The number of nitrogens with zero attached hydrogens (tertiary/aromatic N) is 1. The third kappa shape index (κ3) is 1.89. The van der Waals surface area contributed by atoms with Crippen LogP contribution >= 0.6 is 0 Å². The van der Waals surface area contributed by atoms with Gasteiger partial charge in [-0.2, -0.15) is 0 Å². The minimum absolute atomic E-state index is 0.232. The number of hydrogen-bond acceptors (Lipinski definition) is 3. The Morgan fingerprint density at radius 1 is 1.15 bits per heavy atom. The Bertz CT molecular complexity index is 537. The smallest absolute Gasteiger partial charge is 0.238 e. The lowest BCUT2D eigenvalue weighted by molar-refractivity contribution is -0.401. The van der Waals surface area contributed by atoms with Crippen LogP contribution in [0.1, 0.15) is 50.0 Å². The summed E-state index contributed by atoms with van der Waals surface area (Å²) in [5, 5.41) is 10.4. The zero-order valence-corrected chi connectivity index (χ0v) is 11.5. The number of nitro groups is 1. The molecule has 4 heteroatoms. The molecule has 106 valence electrons. The first-order valence-corrected chi connectivity index (χ1v) is 7.55. The van der Waals surface area contributed by atoms with E-state index in [4.69, 9.17) is 4.42 Å². The number of furan rings is 1. The molecule has 20 heavy (non-hydrogen) atoms. The van der Waals surface area contributed by atoms with Gasteiger partial charge < -0.3 is 4.42 Å². The molecule has 4 saturated carbocycles. The van der Waals surface area contributed by atoms with E-state index in [1.807, 2.05) is 12.1 Å². The van der Waals surface area contributed by atoms with E-state index >= 15 is 0 Å². The van der Waals surface area contributed by atoms with E-state index in [0.29, 0.717) is 5.76 Å². The zero-order chi connectivity index (χ0) is 13.7. The molecule has 4 nitrogen and oxygen atoms in total. The summed E-state index contributed by atoms with van der Waals surface area (Å²) in [6, 6.07) is 3.92. The predicted molar refractivity (Wildman–Crippen MR) is 74.6 cm³/mol. The Kier molecular flexibility index (Phi) is 2.56. The average molecular weight is 273 g/mol. The van der Waals surface area contributed by atoms with E-state index in [1.165, 1.54) is 44.6 Å². The first-order chi connectivity index (χ1) is 9.63. The van der Waals surface area contributed by atoms with Gasteiger partial charge in [-0.15, -0.1) is 0 Å². The largest absolute Gasteiger partial charge is 0.461 e. The lowest BCUT2D eigenvalue weighted by Gasteiger charge is -2.55. The molecule has 4 fully saturated rings. The Balaban J connectivity index is 1.62. The van der Waals surface area contributed by atoms with Gasteiger partial charge in [0.25, 0.3) is 0 Å². The third-order valence-electron chi connectivity index (χ3n) is 5.55. The summed E-state index contributed by atoms with van der Waals surface area (Å²) in [5.41, 5.74) is 0.232. The molecule has 0 unspecified atom stereocenters. The summed E-state index contributed by atoms with van der Waals surface area (Å²) in [6.45, 7) is 0. The van der Waals surface area contributed by atoms with Crippen LogP contribution in [0.15, 0.2) is 22.7 Å². The van der Waals surface area contributed by atoms with Crippen LogP contribution < -0.4 is 0 Å². The lowest BCUT2D eigenvalue weighted by Crippen LogP contribution is -2.48. The normalized spacial score (nSPS) is 38.7. The Labute approximate surface area is 118 Å². The van der Waals surface area contributed by atoms with Crippen LogP contribution in [0.4, 0.5) is 0 Å². The Morgan fingerprint density at radius 2 is 1.75 bits per heavy atom. The van der Waals surface area contributed by atoms with Crippen molar-refractivity contribution in [3.05, 3.63) is 40.0 Å². The SMILES string of the molecule is O=[N+]([O-])C=Cc1ccc(C23CC4CC(CC(C4)C2)C3)o1. The van der Waals surface area contributed by atoms with Gasteiger partial charge in [0.15, 0.2) is 0 Å². The maximum atomic E-state index is 10.4. The van der Waals surface area contributed by atoms with Gasteiger partial charge in [-0.1, -0.05) is 0 Å². The Morgan fingerprint density at radius 3 is 2.30 bits per heavy atom. The molecule has 0 spiro atoms. The van der Waals surface area contributed by atoms with Gasteiger partial charge in [0.05, 0.1) is 11.0 Å². The van der Waals surface area contributed by atoms with E-state index in [9.17, 15) is 10.1 Å². The molecule has 4 bridgehead atoms. The van der Waals surface area contributed by atoms with Gasteiger partial charge in [0.1, 0.15) is 11.5 Å². The quantitative estimate of drug-likeness (QED) is 0.618. The van der Waals surface area contributed by atoms with Crippen LogP contribution in [0, 0.1) is 27.9 Å². The maximum absolute atomic E-state index is 10.4. The van der Waals surface area contributed by atoms with Crippen LogP contribution in [-0.4, -0.2) is 4.92 Å². The standard InChI is InChI=1S/C16H19NO3/c18-17(19)4-3-14-1-2-15(20-14)16-8-11-5-12(9-16)7-13(6-11)10-16/h1-4,11-13H,5-10H2. The van der Waals surface area contributed by atoms with Gasteiger partial charge in [0.2, 0.25) is 6.20 Å². The average Bonchev–Trinajstić information content (AvgIpc) is 2.84. The first kappa shape index (κ1) is 12.2. The summed E-state index contributed by atoms with van der Waals surface area (Å²) >= 11 is 0. The molecular weight excluding hydrogens is 254 g/mol.